The summed E-state index contributed by atoms with van der Waals surface area (Å²) in [6.45, 7) is 5.58. The van der Waals surface area contributed by atoms with E-state index in [-0.39, 0.29) is 12.4 Å². The van der Waals surface area contributed by atoms with Crippen LogP contribution in [0, 0.1) is 6.92 Å². The lowest BCUT2D eigenvalue weighted by Crippen LogP contribution is -2.31. The Labute approximate surface area is 117 Å². The van der Waals surface area contributed by atoms with Gasteiger partial charge in [0.25, 0.3) is 0 Å². The SMILES string of the molecule is Cc1ccc(CN(C)C2CCCNCC2)cc1.Cl. The van der Waals surface area contributed by atoms with Gasteiger partial charge in [-0.25, -0.2) is 0 Å². The van der Waals surface area contributed by atoms with E-state index in [0.717, 1.165) is 12.6 Å². The second-order valence-corrected chi connectivity index (χ2v) is 5.24. The number of rotatable bonds is 3. The van der Waals surface area contributed by atoms with E-state index < -0.39 is 0 Å². The van der Waals surface area contributed by atoms with Gasteiger partial charge in [0, 0.05) is 12.6 Å². The van der Waals surface area contributed by atoms with Gasteiger partial charge in [-0.05, 0) is 51.9 Å². The minimum Gasteiger partial charge on any atom is -0.317 e. The van der Waals surface area contributed by atoms with Crippen molar-refractivity contribution in [2.24, 2.45) is 0 Å². The molecule has 0 amide bonds. The first-order valence-corrected chi connectivity index (χ1v) is 6.72. The molecule has 0 aliphatic carbocycles. The second-order valence-electron chi connectivity index (χ2n) is 5.24. The molecule has 102 valence electrons. The molecule has 2 nitrogen and oxygen atoms in total. The second kappa shape index (κ2) is 7.78. The molecule has 0 saturated carbocycles. The van der Waals surface area contributed by atoms with E-state index in [1.54, 1.807) is 0 Å². The van der Waals surface area contributed by atoms with Crippen molar-refractivity contribution in [3.05, 3.63) is 35.4 Å². The van der Waals surface area contributed by atoms with Crippen LogP contribution in [-0.2, 0) is 6.54 Å². The summed E-state index contributed by atoms with van der Waals surface area (Å²) in [6.07, 6.45) is 3.92. The quantitative estimate of drug-likeness (QED) is 0.907. The summed E-state index contributed by atoms with van der Waals surface area (Å²) in [5, 5.41) is 3.48. The maximum Gasteiger partial charge on any atom is 0.0233 e. The lowest BCUT2D eigenvalue weighted by atomic mass is 10.1. The van der Waals surface area contributed by atoms with Crippen LogP contribution in [0.1, 0.15) is 30.4 Å². The molecule has 1 heterocycles. The number of hydrogen-bond acceptors (Lipinski definition) is 2. The van der Waals surface area contributed by atoms with E-state index in [1.807, 2.05) is 0 Å². The molecule has 3 heteroatoms. The largest absolute Gasteiger partial charge is 0.317 e. The summed E-state index contributed by atoms with van der Waals surface area (Å²) in [5.41, 5.74) is 2.77. The van der Waals surface area contributed by atoms with Gasteiger partial charge in [0.15, 0.2) is 0 Å². The fourth-order valence-electron chi connectivity index (χ4n) is 2.55. The molecule has 1 aliphatic heterocycles. The Morgan fingerprint density at radius 3 is 2.61 bits per heavy atom. The molecule has 2 rings (SSSR count). The fourth-order valence-corrected chi connectivity index (χ4v) is 2.55. The highest BCUT2D eigenvalue weighted by Gasteiger charge is 2.16. The average molecular weight is 269 g/mol. The highest BCUT2D eigenvalue weighted by atomic mass is 35.5. The van der Waals surface area contributed by atoms with Gasteiger partial charge < -0.3 is 5.32 Å². The molecule has 1 saturated heterocycles. The predicted molar refractivity (Wildman–Crippen MR) is 80.4 cm³/mol. The van der Waals surface area contributed by atoms with Crippen LogP contribution in [0.4, 0.5) is 0 Å². The number of halogens is 1. The van der Waals surface area contributed by atoms with Crippen molar-refractivity contribution in [3.63, 3.8) is 0 Å². The summed E-state index contributed by atoms with van der Waals surface area (Å²) >= 11 is 0. The normalized spacial score (nSPS) is 20.3. The van der Waals surface area contributed by atoms with Gasteiger partial charge in [0.05, 0.1) is 0 Å². The van der Waals surface area contributed by atoms with Crippen molar-refractivity contribution in [1.29, 1.82) is 0 Å². The first-order valence-electron chi connectivity index (χ1n) is 6.72. The standard InChI is InChI=1S/C15H24N2.ClH/c1-13-5-7-14(8-6-13)12-17(2)15-4-3-10-16-11-9-15;/h5-8,15-16H,3-4,9-12H2,1-2H3;1H. The van der Waals surface area contributed by atoms with Gasteiger partial charge in [0.2, 0.25) is 0 Å². The zero-order valence-electron chi connectivity index (χ0n) is 11.5. The van der Waals surface area contributed by atoms with E-state index in [2.05, 4.69) is 48.5 Å². The molecule has 1 aliphatic rings. The maximum absolute atomic E-state index is 3.48. The van der Waals surface area contributed by atoms with Gasteiger partial charge in [-0.1, -0.05) is 29.8 Å². The topological polar surface area (TPSA) is 15.3 Å². The van der Waals surface area contributed by atoms with Crippen LogP contribution in [0.2, 0.25) is 0 Å². The molecule has 1 aromatic rings. The third-order valence-electron chi connectivity index (χ3n) is 3.72. The molecule has 0 bridgehead atoms. The first-order chi connectivity index (χ1) is 8.25. The number of nitrogens with one attached hydrogen (secondary N) is 1. The minimum absolute atomic E-state index is 0. The van der Waals surface area contributed by atoms with Gasteiger partial charge >= 0.3 is 0 Å². The van der Waals surface area contributed by atoms with Gasteiger partial charge in [-0.3, -0.25) is 4.90 Å². The molecule has 0 radical (unpaired) electrons. The molecule has 0 spiro atoms. The number of nitrogens with zero attached hydrogens (tertiary/aromatic N) is 1. The highest BCUT2D eigenvalue weighted by molar-refractivity contribution is 5.85. The summed E-state index contributed by atoms with van der Waals surface area (Å²) < 4.78 is 0. The lowest BCUT2D eigenvalue weighted by molar-refractivity contribution is 0.216. The van der Waals surface area contributed by atoms with E-state index in [0.29, 0.717) is 0 Å². The molecular weight excluding hydrogens is 244 g/mol. The fraction of sp³-hybridized carbons (Fsp3) is 0.600. The Hall–Kier alpha value is -0.570. The van der Waals surface area contributed by atoms with Gasteiger partial charge in [-0.15, -0.1) is 12.4 Å². The van der Waals surface area contributed by atoms with Crippen molar-refractivity contribution in [3.8, 4) is 0 Å². The minimum atomic E-state index is 0. The predicted octanol–water partition coefficient (Wildman–Crippen LogP) is 2.99. The Balaban J connectivity index is 0.00000162. The molecule has 1 fully saturated rings. The molecular formula is C15H25ClN2. The van der Waals surface area contributed by atoms with Gasteiger partial charge in [-0.2, -0.15) is 0 Å². The van der Waals surface area contributed by atoms with E-state index >= 15 is 0 Å². The number of hydrogen-bond donors (Lipinski definition) is 1. The Kier molecular flexibility index (Phi) is 6.69. The molecule has 1 unspecified atom stereocenters. The summed E-state index contributed by atoms with van der Waals surface area (Å²) in [5.74, 6) is 0. The van der Waals surface area contributed by atoms with E-state index in [4.69, 9.17) is 0 Å². The summed E-state index contributed by atoms with van der Waals surface area (Å²) in [6, 6.07) is 9.66. The van der Waals surface area contributed by atoms with Crippen molar-refractivity contribution in [2.75, 3.05) is 20.1 Å². The summed E-state index contributed by atoms with van der Waals surface area (Å²) in [4.78, 5) is 2.51. The average Bonchev–Trinajstić information content (AvgIpc) is 2.61. The Bertz CT molecular complexity index is 329. The zero-order valence-corrected chi connectivity index (χ0v) is 12.3. The molecule has 1 N–H and O–H groups in total. The third kappa shape index (κ3) is 4.60. The van der Waals surface area contributed by atoms with Crippen molar-refractivity contribution >= 4 is 12.4 Å². The van der Waals surface area contributed by atoms with Crippen molar-refractivity contribution in [2.45, 2.75) is 38.8 Å². The molecule has 1 atom stereocenters. The number of benzene rings is 1. The highest BCUT2D eigenvalue weighted by Crippen LogP contribution is 2.15. The van der Waals surface area contributed by atoms with Crippen LogP contribution in [0.3, 0.4) is 0 Å². The van der Waals surface area contributed by atoms with E-state index in [1.165, 1.54) is 43.5 Å². The van der Waals surface area contributed by atoms with E-state index in [9.17, 15) is 0 Å². The van der Waals surface area contributed by atoms with Crippen LogP contribution in [0.5, 0.6) is 0 Å². The van der Waals surface area contributed by atoms with Crippen LogP contribution in [0.25, 0.3) is 0 Å². The van der Waals surface area contributed by atoms with Crippen molar-refractivity contribution < 1.29 is 0 Å². The summed E-state index contributed by atoms with van der Waals surface area (Å²) in [7, 11) is 2.26. The Morgan fingerprint density at radius 1 is 1.17 bits per heavy atom. The third-order valence-corrected chi connectivity index (χ3v) is 3.72. The van der Waals surface area contributed by atoms with Crippen LogP contribution >= 0.6 is 12.4 Å². The van der Waals surface area contributed by atoms with Crippen LogP contribution in [-0.4, -0.2) is 31.1 Å². The van der Waals surface area contributed by atoms with Crippen LogP contribution in [0.15, 0.2) is 24.3 Å². The molecule has 0 aromatic heterocycles. The first kappa shape index (κ1) is 15.5. The smallest absolute Gasteiger partial charge is 0.0233 e. The van der Waals surface area contributed by atoms with Crippen LogP contribution < -0.4 is 5.32 Å². The zero-order chi connectivity index (χ0) is 12.1. The van der Waals surface area contributed by atoms with Gasteiger partial charge in [0.1, 0.15) is 0 Å². The number of aryl methyl sites for hydroxylation is 1. The Morgan fingerprint density at radius 2 is 1.89 bits per heavy atom. The van der Waals surface area contributed by atoms with Crippen molar-refractivity contribution in [1.82, 2.24) is 10.2 Å². The molecule has 1 aromatic carbocycles. The lowest BCUT2D eigenvalue weighted by Gasteiger charge is -2.26. The monoisotopic (exact) mass is 268 g/mol. The maximum atomic E-state index is 3.48. The molecule has 18 heavy (non-hydrogen) atoms.